The number of carbonyl (C=O) groups excluding carboxylic acids is 1. The quantitative estimate of drug-likeness (QED) is 0.313. The summed E-state index contributed by atoms with van der Waals surface area (Å²) in [6, 6.07) is 9.31. The summed E-state index contributed by atoms with van der Waals surface area (Å²) in [5.74, 6) is 4.83. The summed E-state index contributed by atoms with van der Waals surface area (Å²) < 4.78 is 15.0. The molecule has 0 amide bonds. The molecule has 5 radical (unpaired) electrons. The van der Waals surface area contributed by atoms with Crippen molar-refractivity contribution in [1.82, 2.24) is 0 Å². The van der Waals surface area contributed by atoms with Gasteiger partial charge in [0, 0.05) is 6.29 Å². The summed E-state index contributed by atoms with van der Waals surface area (Å²) in [4.78, 5) is 9.68. The van der Waals surface area contributed by atoms with E-state index in [1.807, 2.05) is 62.4 Å². The Kier molecular flexibility index (Phi) is 26.6. The van der Waals surface area contributed by atoms with Gasteiger partial charge in [-0.15, -0.1) is 0 Å². The van der Waals surface area contributed by atoms with E-state index in [2.05, 4.69) is 25.1 Å². The summed E-state index contributed by atoms with van der Waals surface area (Å²) in [6.07, 6.45) is 11.5. The smallest absolute Gasteiger partial charge is 0.0312 e. The largest absolute Gasteiger partial charge is 2.00 e. The van der Waals surface area contributed by atoms with Crippen molar-refractivity contribution in [3.8, 4) is 11.8 Å². The molecule has 20 heavy (non-hydrogen) atoms. The van der Waals surface area contributed by atoms with E-state index in [4.69, 9.17) is 9.30 Å². The molecule has 0 unspecified atom stereocenters. The van der Waals surface area contributed by atoms with Crippen LogP contribution in [-0.2, 0) is 31.2 Å². The summed E-state index contributed by atoms with van der Waals surface area (Å²) in [6.45, 7) is 9.00. The van der Waals surface area contributed by atoms with Crippen molar-refractivity contribution >= 4 is 6.29 Å². The van der Waals surface area contributed by atoms with Gasteiger partial charge in [-0.05, 0) is 32.1 Å². The van der Waals surface area contributed by atoms with Crippen LogP contribution in [0.15, 0.2) is 30.3 Å². The molecule has 1 aromatic rings. The van der Waals surface area contributed by atoms with Gasteiger partial charge in [0.15, 0.2) is 0 Å². The number of rotatable bonds is 0. The molecule has 99 valence electrons. The Hall–Kier alpha value is -1.55. The van der Waals surface area contributed by atoms with Gasteiger partial charge in [-0.3, -0.25) is 11.8 Å². The van der Waals surface area contributed by atoms with Crippen LogP contribution in [0.2, 0.25) is 0 Å². The average molecular weight is 306 g/mol. The fourth-order valence-corrected chi connectivity index (χ4v) is 0.940. The molecule has 1 aliphatic rings. The first-order valence-electron chi connectivity index (χ1n) is 4.94. The van der Waals surface area contributed by atoms with Crippen molar-refractivity contribution in [3.63, 3.8) is 0 Å². The minimum atomic E-state index is 0. The molecule has 0 bridgehead atoms. The zero-order valence-corrected chi connectivity index (χ0v) is 11.5. The molecule has 1 fully saturated rings. The standard InChI is InChI=1S/C9H5O.C5H5.2CO.Fe/c10-8-4-7-9-5-2-1-3-6-9;1-2-4-5-3-1;2*1-2;/h1-3,5-6H;1-5H;;;/q-1;;;;+2. The molecular weight excluding hydrogens is 296 g/mol. The van der Waals surface area contributed by atoms with Gasteiger partial charge in [0.1, 0.15) is 0 Å². The third-order valence-corrected chi connectivity index (χ3v) is 1.59. The molecule has 0 aromatic heterocycles. The van der Waals surface area contributed by atoms with Gasteiger partial charge in [-0.1, -0.05) is 35.9 Å². The molecule has 4 heteroatoms. The maximum atomic E-state index is 9.68. The van der Waals surface area contributed by atoms with Gasteiger partial charge in [-0.2, -0.15) is 0 Å². The van der Waals surface area contributed by atoms with Gasteiger partial charge in [0.25, 0.3) is 0 Å². The van der Waals surface area contributed by atoms with Crippen molar-refractivity contribution in [3.05, 3.63) is 81.3 Å². The van der Waals surface area contributed by atoms with E-state index in [1.165, 1.54) is 6.29 Å². The molecule has 3 nitrogen and oxygen atoms in total. The van der Waals surface area contributed by atoms with Gasteiger partial charge in [0.2, 0.25) is 0 Å². The SMILES string of the molecule is O=[C-]C#Cc1ccccc1.[C-]#[O+].[C-]#[O+].[CH]1[CH][CH][CH][CH]1.[Fe+2]. The second-order valence-electron chi connectivity index (χ2n) is 2.68. The molecule has 0 atom stereocenters. The van der Waals surface area contributed by atoms with Crippen LogP contribution in [0, 0.1) is 57.2 Å². The van der Waals surface area contributed by atoms with Crippen LogP contribution < -0.4 is 0 Å². The van der Waals surface area contributed by atoms with Crippen LogP contribution in [0.4, 0.5) is 0 Å². The van der Waals surface area contributed by atoms with Crippen LogP contribution in [0.3, 0.4) is 0 Å². The summed E-state index contributed by atoms with van der Waals surface area (Å²) in [5, 5.41) is 0. The molecule has 0 aliphatic heterocycles. The summed E-state index contributed by atoms with van der Waals surface area (Å²) in [5.41, 5.74) is 0.839. The molecule has 1 aromatic carbocycles. The van der Waals surface area contributed by atoms with Crippen molar-refractivity contribution in [2.24, 2.45) is 0 Å². The van der Waals surface area contributed by atoms with E-state index in [-0.39, 0.29) is 17.1 Å². The Labute approximate surface area is 131 Å². The van der Waals surface area contributed by atoms with Crippen LogP contribution in [-0.4, -0.2) is 6.29 Å². The van der Waals surface area contributed by atoms with Crippen LogP contribution in [0.25, 0.3) is 0 Å². The summed E-state index contributed by atoms with van der Waals surface area (Å²) >= 11 is 0. The van der Waals surface area contributed by atoms with Crippen LogP contribution in [0.1, 0.15) is 5.56 Å². The third kappa shape index (κ3) is 16.4. The first-order valence-corrected chi connectivity index (χ1v) is 4.94. The molecule has 2 rings (SSSR count). The number of hydrogen-bond donors (Lipinski definition) is 0. The third-order valence-electron chi connectivity index (χ3n) is 1.59. The molecule has 1 aliphatic carbocycles. The first kappa shape index (κ1) is 23.5. The summed E-state index contributed by atoms with van der Waals surface area (Å²) in [7, 11) is 0. The predicted molar refractivity (Wildman–Crippen MR) is 68.4 cm³/mol. The topological polar surface area (TPSA) is 56.9 Å². The number of benzene rings is 1. The van der Waals surface area contributed by atoms with E-state index in [1.54, 1.807) is 0 Å². The maximum Gasteiger partial charge on any atom is 2.00 e. The Morgan fingerprint density at radius 1 is 0.850 bits per heavy atom. The normalized spacial score (nSPS) is 10.0. The Morgan fingerprint density at radius 2 is 1.25 bits per heavy atom. The van der Waals surface area contributed by atoms with Gasteiger partial charge in [-0.25, -0.2) is 0 Å². The van der Waals surface area contributed by atoms with E-state index in [9.17, 15) is 4.79 Å². The molecule has 1 saturated carbocycles. The molecule has 0 N–H and O–H groups in total. The van der Waals surface area contributed by atoms with Crippen molar-refractivity contribution in [2.75, 3.05) is 0 Å². The molecule has 0 saturated heterocycles. The van der Waals surface area contributed by atoms with Gasteiger partial charge < -0.3 is 4.79 Å². The van der Waals surface area contributed by atoms with Gasteiger partial charge >= 0.3 is 39.7 Å². The Morgan fingerprint density at radius 3 is 1.60 bits per heavy atom. The van der Waals surface area contributed by atoms with Crippen LogP contribution >= 0.6 is 0 Å². The fourth-order valence-electron chi connectivity index (χ4n) is 0.940. The van der Waals surface area contributed by atoms with Crippen LogP contribution in [0.5, 0.6) is 0 Å². The Bertz CT molecular complexity index is 395. The van der Waals surface area contributed by atoms with E-state index >= 15 is 0 Å². The second-order valence-corrected chi connectivity index (χ2v) is 2.68. The van der Waals surface area contributed by atoms with Crippen molar-refractivity contribution in [1.29, 1.82) is 0 Å². The average Bonchev–Trinajstić information content (AvgIpc) is 3.10. The molecular formula is C16H10FeO3+. The maximum absolute atomic E-state index is 9.68. The zero-order chi connectivity index (χ0) is 14.8. The van der Waals surface area contributed by atoms with E-state index < -0.39 is 0 Å². The minimum absolute atomic E-state index is 0. The van der Waals surface area contributed by atoms with Crippen molar-refractivity contribution < 1.29 is 31.2 Å². The fraction of sp³-hybridized carbons (Fsp3) is 0. The molecule has 0 heterocycles. The molecule has 0 spiro atoms. The number of hydrogen-bond acceptors (Lipinski definition) is 1. The first-order chi connectivity index (χ1) is 9.43. The van der Waals surface area contributed by atoms with Gasteiger partial charge in [0.05, 0.1) is 0 Å². The zero-order valence-electron chi connectivity index (χ0n) is 10.4. The van der Waals surface area contributed by atoms with E-state index in [0.717, 1.165) is 5.56 Å². The second kappa shape index (κ2) is 22.6. The monoisotopic (exact) mass is 306 g/mol. The minimum Gasteiger partial charge on any atom is -0.0312 e. The predicted octanol–water partition coefficient (Wildman–Crippen LogP) is 2.09. The Balaban J connectivity index is -0.000000246. The van der Waals surface area contributed by atoms with Crippen molar-refractivity contribution in [2.45, 2.75) is 0 Å². The van der Waals surface area contributed by atoms with E-state index in [0.29, 0.717) is 0 Å².